The number of Topliss-reactive ketones (excluding diaryl/α,β-unsaturated/α-hetero) is 1. The first kappa shape index (κ1) is 20.1. The van der Waals surface area contributed by atoms with Gasteiger partial charge < -0.3 is 9.47 Å². The van der Waals surface area contributed by atoms with Crippen molar-refractivity contribution in [1.82, 2.24) is 14.8 Å². The SMILES string of the molecule is CN1C(=O)Cc2cc(C(=O)CSc3nnc(CC4CCS(=O)(=O)C4)n3C)ccc21. The molecule has 1 unspecified atom stereocenters. The molecule has 0 N–H and O–H groups in total. The fraction of sp³-hybridized carbons (Fsp3) is 0.474. The Hall–Kier alpha value is -2.20. The second kappa shape index (κ2) is 7.56. The molecular formula is C19H22N4O4S2. The quantitative estimate of drug-likeness (QED) is 0.499. The van der Waals surface area contributed by atoms with Crippen molar-refractivity contribution in [3.8, 4) is 0 Å². The molecular weight excluding hydrogens is 412 g/mol. The minimum absolute atomic E-state index is 0.0284. The lowest BCUT2D eigenvalue weighted by molar-refractivity contribution is -0.117. The molecule has 0 spiro atoms. The van der Waals surface area contributed by atoms with Crippen molar-refractivity contribution in [3.63, 3.8) is 0 Å². The molecule has 0 saturated carbocycles. The van der Waals surface area contributed by atoms with Gasteiger partial charge >= 0.3 is 0 Å². The summed E-state index contributed by atoms with van der Waals surface area (Å²) < 4.78 is 25.1. The van der Waals surface area contributed by atoms with Crippen LogP contribution in [0.5, 0.6) is 0 Å². The van der Waals surface area contributed by atoms with E-state index in [1.54, 1.807) is 24.1 Å². The van der Waals surface area contributed by atoms with Gasteiger partial charge in [0.25, 0.3) is 0 Å². The average molecular weight is 435 g/mol. The van der Waals surface area contributed by atoms with E-state index in [1.807, 2.05) is 17.7 Å². The van der Waals surface area contributed by atoms with Gasteiger partial charge in [0.05, 0.1) is 23.7 Å². The Balaban J connectivity index is 1.39. The molecule has 2 aromatic rings. The third kappa shape index (κ3) is 4.09. The predicted octanol–water partition coefficient (Wildman–Crippen LogP) is 1.29. The van der Waals surface area contributed by atoms with E-state index >= 15 is 0 Å². The van der Waals surface area contributed by atoms with Gasteiger partial charge in [0.15, 0.2) is 20.8 Å². The number of sulfone groups is 1. The number of anilines is 1. The van der Waals surface area contributed by atoms with Crippen LogP contribution in [0.2, 0.25) is 0 Å². The van der Waals surface area contributed by atoms with E-state index in [0.29, 0.717) is 30.0 Å². The summed E-state index contributed by atoms with van der Waals surface area (Å²) >= 11 is 1.31. The Morgan fingerprint density at radius 2 is 2.07 bits per heavy atom. The monoisotopic (exact) mass is 434 g/mol. The second-order valence-corrected chi connectivity index (χ2v) is 10.8. The molecule has 29 heavy (non-hydrogen) atoms. The lowest BCUT2D eigenvalue weighted by Gasteiger charge is -2.10. The van der Waals surface area contributed by atoms with Crippen molar-refractivity contribution in [2.75, 3.05) is 29.2 Å². The topological polar surface area (TPSA) is 102 Å². The summed E-state index contributed by atoms with van der Waals surface area (Å²) in [6.45, 7) is 0. The Morgan fingerprint density at radius 3 is 2.79 bits per heavy atom. The summed E-state index contributed by atoms with van der Waals surface area (Å²) in [4.78, 5) is 26.0. The molecule has 0 bridgehead atoms. The maximum Gasteiger partial charge on any atom is 0.231 e. The van der Waals surface area contributed by atoms with E-state index in [-0.39, 0.29) is 34.9 Å². The molecule has 3 heterocycles. The van der Waals surface area contributed by atoms with Gasteiger partial charge in [0.1, 0.15) is 5.82 Å². The average Bonchev–Trinajstić information content (AvgIpc) is 3.29. The highest BCUT2D eigenvalue weighted by molar-refractivity contribution is 7.99. The highest BCUT2D eigenvalue weighted by Gasteiger charge is 2.29. The number of thioether (sulfide) groups is 1. The number of amides is 1. The van der Waals surface area contributed by atoms with Crippen LogP contribution in [0.1, 0.15) is 28.2 Å². The highest BCUT2D eigenvalue weighted by atomic mass is 32.2. The van der Waals surface area contributed by atoms with Crippen LogP contribution in [0.4, 0.5) is 5.69 Å². The summed E-state index contributed by atoms with van der Waals surface area (Å²) in [5.74, 6) is 1.47. The zero-order chi connectivity index (χ0) is 20.8. The smallest absolute Gasteiger partial charge is 0.231 e. The van der Waals surface area contributed by atoms with E-state index in [2.05, 4.69) is 10.2 Å². The number of hydrogen-bond acceptors (Lipinski definition) is 7. The zero-order valence-electron chi connectivity index (χ0n) is 16.3. The third-order valence-corrected chi connectivity index (χ3v) is 8.39. The van der Waals surface area contributed by atoms with Crippen LogP contribution in [0.25, 0.3) is 0 Å². The molecule has 1 aromatic carbocycles. The third-order valence-electron chi connectivity index (χ3n) is 5.53. The Morgan fingerprint density at radius 1 is 1.28 bits per heavy atom. The van der Waals surface area contributed by atoms with E-state index in [0.717, 1.165) is 17.1 Å². The first-order valence-electron chi connectivity index (χ1n) is 9.37. The minimum Gasteiger partial charge on any atom is -0.315 e. The molecule has 0 radical (unpaired) electrons. The molecule has 1 saturated heterocycles. The van der Waals surface area contributed by atoms with Gasteiger partial charge in [-0.15, -0.1) is 10.2 Å². The van der Waals surface area contributed by atoms with Crippen molar-refractivity contribution in [1.29, 1.82) is 0 Å². The number of fused-ring (bicyclic) bond motifs is 1. The largest absolute Gasteiger partial charge is 0.315 e. The van der Waals surface area contributed by atoms with Gasteiger partial charge in [0.2, 0.25) is 5.91 Å². The minimum atomic E-state index is -2.92. The zero-order valence-corrected chi connectivity index (χ0v) is 17.9. The number of aromatic nitrogens is 3. The fourth-order valence-electron chi connectivity index (χ4n) is 3.80. The molecule has 1 fully saturated rings. The highest BCUT2D eigenvalue weighted by Crippen LogP contribution is 2.29. The first-order chi connectivity index (χ1) is 13.7. The fourth-order valence-corrected chi connectivity index (χ4v) is 6.48. The summed E-state index contributed by atoms with van der Waals surface area (Å²) in [7, 11) is 0.654. The van der Waals surface area contributed by atoms with Gasteiger partial charge in [-0.05, 0) is 36.1 Å². The van der Waals surface area contributed by atoms with Gasteiger partial charge in [-0.2, -0.15) is 0 Å². The molecule has 2 aliphatic rings. The molecule has 1 amide bonds. The number of carbonyl (C=O) groups excluding carboxylic acids is 2. The van der Waals surface area contributed by atoms with Crippen molar-refractivity contribution in [3.05, 3.63) is 35.2 Å². The molecule has 1 atom stereocenters. The lowest BCUT2D eigenvalue weighted by Crippen LogP contribution is -2.20. The van der Waals surface area contributed by atoms with Gasteiger partial charge in [-0.25, -0.2) is 8.42 Å². The molecule has 0 aliphatic carbocycles. The summed E-state index contributed by atoms with van der Waals surface area (Å²) in [6.07, 6.45) is 1.55. The van der Waals surface area contributed by atoms with Crippen LogP contribution in [-0.2, 0) is 34.5 Å². The Bertz CT molecular complexity index is 1090. The predicted molar refractivity (Wildman–Crippen MR) is 110 cm³/mol. The van der Waals surface area contributed by atoms with E-state index in [1.165, 1.54) is 11.8 Å². The van der Waals surface area contributed by atoms with E-state index in [9.17, 15) is 18.0 Å². The van der Waals surface area contributed by atoms with Crippen LogP contribution in [-0.4, -0.2) is 59.2 Å². The Kier molecular flexibility index (Phi) is 5.24. The van der Waals surface area contributed by atoms with Crippen LogP contribution in [0, 0.1) is 5.92 Å². The maximum absolute atomic E-state index is 12.6. The summed E-state index contributed by atoms with van der Waals surface area (Å²) in [5.41, 5.74) is 2.31. The molecule has 4 rings (SSSR count). The standard InChI is InChI=1S/C19H22N4O4S2/c1-22-15-4-3-13(8-14(15)9-18(22)25)16(24)10-28-19-21-20-17(23(19)2)7-12-5-6-29(26,27)11-12/h3-4,8,12H,5-7,9-11H2,1-2H3. The summed E-state index contributed by atoms with van der Waals surface area (Å²) in [6, 6.07) is 5.36. The van der Waals surface area contributed by atoms with E-state index < -0.39 is 9.84 Å². The van der Waals surface area contributed by atoms with Crippen LogP contribution < -0.4 is 4.90 Å². The molecule has 1 aromatic heterocycles. The number of benzene rings is 1. The number of ketones is 1. The molecule has 8 nitrogen and oxygen atoms in total. The van der Waals surface area contributed by atoms with Crippen molar-refractivity contribution >= 4 is 39.0 Å². The van der Waals surface area contributed by atoms with Gasteiger partial charge in [0, 0.05) is 31.8 Å². The van der Waals surface area contributed by atoms with Crippen LogP contribution in [0.3, 0.4) is 0 Å². The van der Waals surface area contributed by atoms with Crippen molar-refractivity contribution < 1.29 is 18.0 Å². The second-order valence-electron chi connectivity index (χ2n) is 7.62. The van der Waals surface area contributed by atoms with Crippen LogP contribution in [0.15, 0.2) is 23.4 Å². The number of nitrogens with zero attached hydrogens (tertiary/aromatic N) is 4. The number of hydrogen-bond donors (Lipinski definition) is 0. The lowest BCUT2D eigenvalue weighted by atomic mass is 10.1. The maximum atomic E-state index is 12.6. The Labute approximate surface area is 173 Å². The van der Waals surface area contributed by atoms with Gasteiger partial charge in [-0.1, -0.05) is 11.8 Å². The van der Waals surface area contributed by atoms with Crippen molar-refractivity contribution in [2.24, 2.45) is 13.0 Å². The molecule has 2 aliphatic heterocycles. The molecule has 154 valence electrons. The number of carbonyl (C=O) groups is 2. The normalized spacial score (nSPS) is 20.3. The van der Waals surface area contributed by atoms with Crippen LogP contribution >= 0.6 is 11.8 Å². The van der Waals surface area contributed by atoms with E-state index in [4.69, 9.17) is 0 Å². The van der Waals surface area contributed by atoms with Crippen molar-refractivity contribution in [2.45, 2.75) is 24.4 Å². The molecule has 10 heteroatoms. The summed E-state index contributed by atoms with van der Waals surface area (Å²) in [5, 5.41) is 8.97. The number of likely N-dealkylation sites (N-methyl/N-ethyl adjacent to an activating group) is 1. The number of rotatable bonds is 6. The first-order valence-corrected chi connectivity index (χ1v) is 12.2. The van der Waals surface area contributed by atoms with Gasteiger partial charge in [-0.3, -0.25) is 9.59 Å².